The number of nitrogens with zero attached hydrogens (tertiary/aromatic N) is 1. The molecule has 0 N–H and O–H groups in total. The van der Waals surface area contributed by atoms with Crippen molar-refractivity contribution in [3.05, 3.63) is 29.6 Å². The standard InChI is InChI=1S/C12H18BrN/c1-9(2)12(13)5-4-11-8-14-7-6-10(11)3/h6-9,12H,4-5H2,1-3H3. The van der Waals surface area contributed by atoms with Crippen molar-refractivity contribution in [1.82, 2.24) is 4.98 Å². The van der Waals surface area contributed by atoms with Gasteiger partial charge in [0.25, 0.3) is 0 Å². The van der Waals surface area contributed by atoms with E-state index in [1.54, 1.807) is 0 Å². The molecule has 1 aromatic rings. The highest BCUT2D eigenvalue weighted by atomic mass is 79.9. The quantitative estimate of drug-likeness (QED) is 0.748. The first-order valence-corrected chi connectivity index (χ1v) is 6.06. The second kappa shape index (κ2) is 5.50. The van der Waals surface area contributed by atoms with Gasteiger partial charge in [0.05, 0.1) is 0 Å². The van der Waals surface area contributed by atoms with Crippen LogP contribution in [-0.4, -0.2) is 9.81 Å². The average Bonchev–Trinajstić information content (AvgIpc) is 2.16. The zero-order valence-electron chi connectivity index (χ0n) is 9.13. The molecule has 0 spiro atoms. The predicted octanol–water partition coefficient (Wildman–Crippen LogP) is 3.74. The lowest BCUT2D eigenvalue weighted by Crippen LogP contribution is -2.08. The molecule has 1 rings (SSSR count). The molecule has 0 aliphatic carbocycles. The molecule has 0 aliphatic heterocycles. The van der Waals surface area contributed by atoms with Gasteiger partial charge in [-0.15, -0.1) is 0 Å². The Morgan fingerprint density at radius 2 is 2.14 bits per heavy atom. The van der Waals surface area contributed by atoms with E-state index < -0.39 is 0 Å². The largest absolute Gasteiger partial charge is 0.264 e. The maximum Gasteiger partial charge on any atom is 0.0302 e. The minimum absolute atomic E-state index is 0.613. The van der Waals surface area contributed by atoms with Crippen LogP contribution in [0.3, 0.4) is 0 Å². The van der Waals surface area contributed by atoms with Crippen LogP contribution in [0.25, 0.3) is 0 Å². The maximum absolute atomic E-state index is 4.15. The van der Waals surface area contributed by atoms with Crippen LogP contribution in [0.4, 0.5) is 0 Å². The van der Waals surface area contributed by atoms with E-state index >= 15 is 0 Å². The fourth-order valence-electron chi connectivity index (χ4n) is 1.39. The SMILES string of the molecule is Cc1ccncc1CCC(Br)C(C)C. The van der Waals surface area contributed by atoms with E-state index in [4.69, 9.17) is 0 Å². The summed E-state index contributed by atoms with van der Waals surface area (Å²) in [5.41, 5.74) is 2.72. The first kappa shape index (κ1) is 11.7. The molecule has 0 fully saturated rings. The van der Waals surface area contributed by atoms with Crippen LogP contribution in [0.2, 0.25) is 0 Å². The molecule has 1 atom stereocenters. The molecule has 1 nitrogen and oxygen atoms in total. The molecule has 14 heavy (non-hydrogen) atoms. The minimum atomic E-state index is 0.613. The van der Waals surface area contributed by atoms with Gasteiger partial charge in [-0.25, -0.2) is 0 Å². The molecule has 0 aliphatic rings. The smallest absolute Gasteiger partial charge is 0.0302 e. The number of hydrogen-bond acceptors (Lipinski definition) is 1. The van der Waals surface area contributed by atoms with Gasteiger partial charge in [0.1, 0.15) is 0 Å². The van der Waals surface area contributed by atoms with Crippen LogP contribution in [0.15, 0.2) is 18.5 Å². The minimum Gasteiger partial charge on any atom is -0.264 e. The molecule has 1 unspecified atom stereocenters. The molecule has 0 aromatic carbocycles. The van der Waals surface area contributed by atoms with Crippen molar-refractivity contribution in [1.29, 1.82) is 0 Å². The second-order valence-corrected chi connectivity index (χ2v) is 5.28. The summed E-state index contributed by atoms with van der Waals surface area (Å²) in [5, 5.41) is 0. The van der Waals surface area contributed by atoms with Crippen molar-refractivity contribution >= 4 is 15.9 Å². The first-order chi connectivity index (χ1) is 6.61. The number of rotatable bonds is 4. The molecule has 2 heteroatoms. The van der Waals surface area contributed by atoms with E-state index in [0.29, 0.717) is 10.7 Å². The Morgan fingerprint density at radius 3 is 2.71 bits per heavy atom. The topological polar surface area (TPSA) is 12.9 Å². The summed E-state index contributed by atoms with van der Waals surface area (Å²) < 4.78 is 0. The van der Waals surface area contributed by atoms with E-state index in [1.807, 2.05) is 12.4 Å². The zero-order chi connectivity index (χ0) is 10.6. The molecular weight excluding hydrogens is 238 g/mol. The van der Waals surface area contributed by atoms with Gasteiger partial charge in [-0.1, -0.05) is 29.8 Å². The van der Waals surface area contributed by atoms with E-state index in [0.717, 1.165) is 6.42 Å². The van der Waals surface area contributed by atoms with Crippen molar-refractivity contribution in [2.45, 2.75) is 38.4 Å². The van der Waals surface area contributed by atoms with Crippen LogP contribution < -0.4 is 0 Å². The fourth-order valence-corrected chi connectivity index (χ4v) is 1.61. The molecule has 0 saturated carbocycles. The summed E-state index contributed by atoms with van der Waals surface area (Å²) in [6, 6.07) is 2.08. The molecule has 0 amide bonds. The number of aromatic nitrogens is 1. The summed E-state index contributed by atoms with van der Waals surface area (Å²) in [6.45, 7) is 6.64. The third-order valence-electron chi connectivity index (χ3n) is 2.56. The van der Waals surface area contributed by atoms with Gasteiger partial charge in [-0.3, -0.25) is 4.98 Å². The Hall–Kier alpha value is -0.370. The van der Waals surface area contributed by atoms with Crippen LogP contribution in [-0.2, 0) is 6.42 Å². The fraction of sp³-hybridized carbons (Fsp3) is 0.583. The number of aryl methyl sites for hydroxylation is 2. The lowest BCUT2D eigenvalue weighted by atomic mass is 10.0. The molecule has 1 heterocycles. The highest BCUT2D eigenvalue weighted by molar-refractivity contribution is 9.09. The summed E-state index contributed by atoms with van der Waals surface area (Å²) in [5.74, 6) is 0.701. The second-order valence-electron chi connectivity index (χ2n) is 4.10. The molecule has 78 valence electrons. The van der Waals surface area contributed by atoms with Crippen molar-refractivity contribution in [3.8, 4) is 0 Å². The molecule has 1 aromatic heterocycles. The maximum atomic E-state index is 4.15. The lowest BCUT2D eigenvalue weighted by Gasteiger charge is -2.13. The number of pyridine rings is 1. The van der Waals surface area contributed by atoms with Crippen LogP contribution in [0.1, 0.15) is 31.4 Å². The Balaban J connectivity index is 2.50. The van der Waals surface area contributed by atoms with Gasteiger partial charge >= 0.3 is 0 Å². The third kappa shape index (κ3) is 3.41. The Bertz CT molecular complexity index is 283. The number of hydrogen-bond donors (Lipinski definition) is 0. The summed E-state index contributed by atoms with van der Waals surface area (Å²) in [7, 11) is 0. The Morgan fingerprint density at radius 1 is 1.43 bits per heavy atom. The van der Waals surface area contributed by atoms with Crippen LogP contribution in [0.5, 0.6) is 0 Å². The lowest BCUT2D eigenvalue weighted by molar-refractivity contribution is 0.581. The van der Waals surface area contributed by atoms with E-state index in [-0.39, 0.29) is 0 Å². The predicted molar refractivity (Wildman–Crippen MR) is 64.8 cm³/mol. The van der Waals surface area contributed by atoms with E-state index in [9.17, 15) is 0 Å². The highest BCUT2D eigenvalue weighted by Crippen LogP contribution is 2.19. The highest BCUT2D eigenvalue weighted by Gasteiger charge is 2.09. The van der Waals surface area contributed by atoms with Crippen molar-refractivity contribution in [2.24, 2.45) is 5.92 Å². The molecule has 0 bridgehead atoms. The summed E-state index contributed by atoms with van der Waals surface area (Å²) in [4.78, 5) is 4.77. The zero-order valence-corrected chi connectivity index (χ0v) is 10.7. The van der Waals surface area contributed by atoms with E-state index in [2.05, 4.69) is 47.8 Å². The van der Waals surface area contributed by atoms with Crippen molar-refractivity contribution < 1.29 is 0 Å². The number of alkyl halides is 1. The van der Waals surface area contributed by atoms with Gasteiger partial charge in [0.15, 0.2) is 0 Å². The van der Waals surface area contributed by atoms with Gasteiger partial charge < -0.3 is 0 Å². The molecule has 0 saturated heterocycles. The normalized spacial score (nSPS) is 13.2. The van der Waals surface area contributed by atoms with Gasteiger partial charge in [-0.2, -0.15) is 0 Å². The Kier molecular flexibility index (Phi) is 4.59. The monoisotopic (exact) mass is 255 g/mol. The summed E-state index contributed by atoms with van der Waals surface area (Å²) >= 11 is 3.70. The first-order valence-electron chi connectivity index (χ1n) is 5.15. The van der Waals surface area contributed by atoms with Gasteiger partial charge in [0, 0.05) is 17.2 Å². The molecular formula is C12H18BrN. The average molecular weight is 256 g/mol. The van der Waals surface area contributed by atoms with E-state index in [1.165, 1.54) is 17.5 Å². The third-order valence-corrected chi connectivity index (χ3v) is 4.08. The van der Waals surface area contributed by atoms with Gasteiger partial charge in [0.2, 0.25) is 0 Å². The summed E-state index contributed by atoms with van der Waals surface area (Å²) in [6.07, 6.45) is 6.14. The van der Waals surface area contributed by atoms with Crippen molar-refractivity contribution in [3.63, 3.8) is 0 Å². The Labute approximate surface area is 95.1 Å². The van der Waals surface area contributed by atoms with Crippen LogP contribution >= 0.6 is 15.9 Å². The number of halogens is 1. The van der Waals surface area contributed by atoms with Gasteiger partial charge in [-0.05, 0) is 42.9 Å². The van der Waals surface area contributed by atoms with Crippen molar-refractivity contribution in [2.75, 3.05) is 0 Å². The van der Waals surface area contributed by atoms with Crippen LogP contribution in [0, 0.1) is 12.8 Å². The molecule has 0 radical (unpaired) electrons.